The van der Waals surface area contributed by atoms with E-state index in [0.717, 1.165) is 17.1 Å². The molecule has 0 radical (unpaired) electrons. The topological polar surface area (TPSA) is 35.0 Å². The number of methoxy groups -OCH3 is 1. The molecule has 3 heteroatoms. The van der Waals surface area contributed by atoms with E-state index in [-0.39, 0.29) is 5.41 Å². The summed E-state index contributed by atoms with van der Waals surface area (Å²) in [4.78, 5) is 0. The lowest BCUT2D eigenvalue weighted by Crippen LogP contribution is -2.16. The van der Waals surface area contributed by atoms with Gasteiger partial charge in [-0.25, -0.2) is 0 Å². The predicted octanol–water partition coefficient (Wildman–Crippen LogP) is 2.09. The molecule has 0 aromatic carbocycles. The Morgan fingerprint density at radius 3 is 2.31 bits per heavy atom. The van der Waals surface area contributed by atoms with Gasteiger partial charge in [-0.15, -0.1) is 0 Å². The van der Waals surface area contributed by atoms with E-state index < -0.39 is 0 Å². The first-order valence-electron chi connectivity index (χ1n) is 4.34. The predicted molar refractivity (Wildman–Crippen MR) is 52.0 cm³/mol. The third kappa shape index (κ3) is 2.17. The Kier molecular flexibility index (Phi) is 2.55. The van der Waals surface area contributed by atoms with Gasteiger partial charge in [-0.1, -0.05) is 20.8 Å². The van der Waals surface area contributed by atoms with Gasteiger partial charge in [0.05, 0.1) is 12.8 Å². The average molecular weight is 180 g/mol. The third-order valence-electron chi connectivity index (χ3n) is 1.81. The summed E-state index contributed by atoms with van der Waals surface area (Å²) in [6.45, 7) is 8.18. The highest BCUT2D eigenvalue weighted by Gasteiger charge is 2.21. The Balaban J connectivity index is 3.22. The van der Waals surface area contributed by atoms with Crippen molar-refractivity contribution >= 4 is 0 Å². The summed E-state index contributed by atoms with van der Waals surface area (Å²) >= 11 is 0. The lowest BCUT2D eigenvalue weighted by molar-refractivity contribution is 0.388. The number of aromatic nitrogens is 2. The van der Waals surface area contributed by atoms with E-state index in [0.29, 0.717) is 0 Å². The van der Waals surface area contributed by atoms with Crippen molar-refractivity contribution < 1.29 is 4.74 Å². The molecule has 1 aromatic heterocycles. The van der Waals surface area contributed by atoms with E-state index in [1.54, 1.807) is 7.11 Å². The van der Waals surface area contributed by atoms with Gasteiger partial charge in [0.15, 0.2) is 0 Å². The van der Waals surface area contributed by atoms with Crippen molar-refractivity contribution in [2.24, 2.45) is 0 Å². The molecule has 0 N–H and O–H groups in total. The van der Waals surface area contributed by atoms with Crippen LogP contribution < -0.4 is 4.74 Å². The van der Waals surface area contributed by atoms with E-state index in [4.69, 9.17) is 4.74 Å². The lowest BCUT2D eigenvalue weighted by atomic mass is 9.91. The van der Waals surface area contributed by atoms with Crippen molar-refractivity contribution in [1.29, 1.82) is 0 Å². The molecule has 13 heavy (non-hydrogen) atoms. The second-order valence-electron chi connectivity index (χ2n) is 4.15. The SMILES string of the molecule is COc1cc(C)nnc1C(C)(C)C. The number of aryl methyl sites for hydroxylation is 1. The number of rotatable bonds is 1. The van der Waals surface area contributed by atoms with Gasteiger partial charge in [-0.2, -0.15) is 10.2 Å². The molecule has 72 valence electrons. The van der Waals surface area contributed by atoms with Crippen LogP contribution in [0.2, 0.25) is 0 Å². The molecule has 0 spiro atoms. The maximum atomic E-state index is 5.25. The summed E-state index contributed by atoms with van der Waals surface area (Å²) in [6.07, 6.45) is 0. The average Bonchev–Trinajstić information content (AvgIpc) is 2.01. The minimum Gasteiger partial charge on any atom is -0.495 e. The minimum atomic E-state index is -0.0218. The molecule has 0 fully saturated rings. The zero-order valence-corrected chi connectivity index (χ0v) is 8.88. The van der Waals surface area contributed by atoms with Crippen LogP contribution in [0.15, 0.2) is 6.07 Å². The Morgan fingerprint density at radius 2 is 1.85 bits per heavy atom. The van der Waals surface area contributed by atoms with E-state index >= 15 is 0 Å². The summed E-state index contributed by atoms with van der Waals surface area (Å²) in [6, 6.07) is 1.91. The van der Waals surface area contributed by atoms with Gasteiger partial charge in [0.1, 0.15) is 11.4 Å². The second-order valence-corrected chi connectivity index (χ2v) is 4.15. The first kappa shape index (κ1) is 9.96. The zero-order valence-electron chi connectivity index (χ0n) is 8.88. The Bertz CT molecular complexity index is 302. The van der Waals surface area contributed by atoms with E-state index in [2.05, 4.69) is 31.0 Å². The van der Waals surface area contributed by atoms with Gasteiger partial charge in [-0.05, 0) is 6.92 Å². The van der Waals surface area contributed by atoms with Crippen LogP contribution in [0.3, 0.4) is 0 Å². The van der Waals surface area contributed by atoms with Crippen molar-refractivity contribution in [2.75, 3.05) is 7.11 Å². The molecule has 1 aromatic rings. The standard InChI is InChI=1S/C10H16N2O/c1-7-6-8(13-5)9(12-11-7)10(2,3)4/h6H,1-5H3. The summed E-state index contributed by atoms with van der Waals surface area (Å²) in [5.74, 6) is 0.819. The number of ether oxygens (including phenoxy) is 1. The van der Waals surface area contributed by atoms with Gasteiger partial charge in [0, 0.05) is 11.5 Å². The fraction of sp³-hybridized carbons (Fsp3) is 0.600. The van der Waals surface area contributed by atoms with Crippen molar-refractivity contribution in [3.05, 3.63) is 17.5 Å². The van der Waals surface area contributed by atoms with Gasteiger partial charge in [0.25, 0.3) is 0 Å². The van der Waals surface area contributed by atoms with Gasteiger partial charge in [-0.3, -0.25) is 0 Å². The number of nitrogens with zero attached hydrogens (tertiary/aromatic N) is 2. The lowest BCUT2D eigenvalue weighted by Gasteiger charge is -2.19. The number of hydrogen-bond acceptors (Lipinski definition) is 3. The molecule has 3 nitrogen and oxygen atoms in total. The highest BCUT2D eigenvalue weighted by Crippen LogP contribution is 2.28. The summed E-state index contributed by atoms with van der Waals surface area (Å²) < 4.78 is 5.25. The highest BCUT2D eigenvalue weighted by atomic mass is 16.5. The fourth-order valence-corrected chi connectivity index (χ4v) is 1.14. The van der Waals surface area contributed by atoms with Gasteiger partial charge < -0.3 is 4.74 Å². The Hall–Kier alpha value is -1.12. The van der Waals surface area contributed by atoms with Gasteiger partial charge >= 0.3 is 0 Å². The molecular weight excluding hydrogens is 164 g/mol. The van der Waals surface area contributed by atoms with Crippen molar-refractivity contribution in [2.45, 2.75) is 33.1 Å². The van der Waals surface area contributed by atoms with Crippen LogP contribution in [0.1, 0.15) is 32.2 Å². The molecule has 0 saturated heterocycles. The fourth-order valence-electron chi connectivity index (χ4n) is 1.14. The molecule has 0 amide bonds. The molecule has 0 aliphatic heterocycles. The smallest absolute Gasteiger partial charge is 0.144 e. The zero-order chi connectivity index (χ0) is 10.1. The van der Waals surface area contributed by atoms with E-state index in [1.807, 2.05) is 13.0 Å². The maximum absolute atomic E-state index is 5.25. The maximum Gasteiger partial charge on any atom is 0.144 e. The monoisotopic (exact) mass is 180 g/mol. The Labute approximate surface area is 79.1 Å². The summed E-state index contributed by atoms with van der Waals surface area (Å²) in [5.41, 5.74) is 1.76. The number of hydrogen-bond donors (Lipinski definition) is 0. The molecule has 0 aliphatic rings. The van der Waals surface area contributed by atoms with Crippen molar-refractivity contribution in [3.8, 4) is 5.75 Å². The molecular formula is C10H16N2O. The molecule has 1 heterocycles. The Morgan fingerprint density at radius 1 is 1.23 bits per heavy atom. The van der Waals surface area contributed by atoms with Gasteiger partial charge in [0.2, 0.25) is 0 Å². The largest absolute Gasteiger partial charge is 0.495 e. The van der Waals surface area contributed by atoms with Crippen LogP contribution in [0, 0.1) is 6.92 Å². The molecule has 0 atom stereocenters. The summed E-state index contributed by atoms with van der Waals surface area (Å²) in [7, 11) is 1.66. The molecule has 0 aliphatic carbocycles. The molecule has 0 bridgehead atoms. The van der Waals surface area contributed by atoms with Crippen LogP contribution in [0.5, 0.6) is 5.75 Å². The van der Waals surface area contributed by atoms with Crippen molar-refractivity contribution in [3.63, 3.8) is 0 Å². The first-order chi connectivity index (χ1) is 5.95. The van der Waals surface area contributed by atoms with Crippen LogP contribution in [-0.2, 0) is 5.41 Å². The van der Waals surface area contributed by atoms with Crippen LogP contribution >= 0.6 is 0 Å². The third-order valence-corrected chi connectivity index (χ3v) is 1.81. The second kappa shape index (κ2) is 3.32. The molecule has 1 rings (SSSR count). The summed E-state index contributed by atoms with van der Waals surface area (Å²) in [5, 5.41) is 8.17. The minimum absolute atomic E-state index is 0.0218. The molecule has 0 unspecified atom stereocenters. The quantitative estimate of drug-likeness (QED) is 0.663. The van der Waals surface area contributed by atoms with E-state index in [9.17, 15) is 0 Å². The highest BCUT2D eigenvalue weighted by molar-refractivity contribution is 5.32. The van der Waals surface area contributed by atoms with Crippen LogP contribution in [0.25, 0.3) is 0 Å². The van der Waals surface area contributed by atoms with Crippen molar-refractivity contribution in [1.82, 2.24) is 10.2 Å². The van der Waals surface area contributed by atoms with Crippen LogP contribution in [0.4, 0.5) is 0 Å². The van der Waals surface area contributed by atoms with E-state index in [1.165, 1.54) is 0 Å². The normalized spacial score (nSPS) is 11.5. The first-order valence-corrected chi connectivity index (χ1v) is 4.34. The molecule has 0 saturated carbocycles. The van der Waals surface area contributed by atoms with Crippen LogP contribution in [-0.4, -0.2) is 17.3 Å².